The predicted molar refractivity (Wildman–Crippen MR) is 245 cm³/mol. The molecule has 386 valence electrons. The number of amides is 7. The highest BCUT2D eigenvalue weighted by Gasteiger charge is 2.47. The van der Waals surface area contributed by atoms with Gasteiger partial charge in [0.25, 0.3) is 11.8 Å². The number of aliphatic hydroxyl groups excluding tert-OH is 1. The summed E-state index contributed by atoms with van der Waals surface area (Å²) < 4.78 is 29.3. The largest absolute Gasteiger partial charge is 0.507 e. The number of imide groups is 1. The molecule has 0 saturated carbocycles. The average molecular weight is 1000 g/mol. The number of hydrogen-bond acceptors (Lipinski definition) is 18. The summed E-state index contributed by atoms with van der Waals surface area (Å²) in [5.41, 5.74) is -0.968. The van der Waals surface area contributed by atoms with Gasteiger partial charge in [-0.25, -0.2) is 0 Å². The average Bonchev–Trinajstić information content (AvgIpc) is 3.89. The number of rotatable bonds is 17. The van der Waals surface area contributed by atoms with Crippen LogP contribution in [0.5, 0.6) is 17.2 Å². The molecule has 8 atom stereocenters. The summed E-state index contributed by atoms with van der Waals surface area (Å²) in [5.74, 6) is -7.51. The lowest BCUT2D eigenvalue weighted by molar-refractivity contribution is -0.264. The maximum atomic E-state index is 14.2. The van der Waals surface area contributed by atoms with Crippen LogP contribution in [0.15, 0.2) is 30.4 Å². The number of hydrogen-bond donors (Lipinski definition) is 7. The lowest BCUT2D eigenvalue weighted by Crippen LogP contribution is -2.59. The molecule has 24 heteroatoms. The van der Waals surface area contributed by atoms with Crippen LogP contribution < -0.4 is 26.0 Å². The minimum Gasteiger partial charge on any atom is -0.507 e. The number of nitrogens with one attached hydrogen (secondary N) is 4. The van der Waals surface area contributed by atoms with Gasteiger partial charge in [0.15, 0.2) is 18.4 Å². The van der Waals surface area contributed by atoms with Crippen LogP contribution in [0.2, 0.25) is 0 Å². The van der Waals surface area contributed by atoms with E-state index in [9.17, 15) is 58.5 Å². The highest BCUT2D eigenvalue weighted by atomic mass is 16.7. The molecular formula is C48H57N7O17. The first-order valence-corrected chi connectivity index (χ1v) is 23.7. The predicted octanol–water partition coefficient (Wildman–Crippen LogP) is -1.95. The number of methoxy groups -OCH3 is 2. The van der Waals surface area contributed by atoms with Crippen LogP contribution in [0.3, 0.4) is 0 Å². The number of ether oxygens (including phenoxy) is 5. The Bertz CT molecular complexity index is 2570. The molecule has 2 aliphatic carbocycles. The van der Waals surface area contributed by atoms with E-state index in [1.54, 1.807) is 6.92 Å². The number of carbonyl (C=O) groups excluding carboxylic acids is 9. The van der Waals surface area contributed by atoms with Crippen LogP contribution in [-0.2, 0) is 58.9 Å². The zero-order valence-electron chi connectivity index (χ0n) is 39.8. The van der Waals surface area contributed by atoms with Crippen molar-refractivity contribution in [2.24, 2.45) is 5.92 Å². The number of fused-ring (bicyclic) bond motifs is 3. The zero-order chi connectivity index (χ0) is 51.5. The smallest absolute Gasteiger partial charge is 0.253 e. The molecule has 2 unspecified atom stereocenters. The molecule has 4 heterocycles. The van der Waals surface area contributed by atoms with E-state index in [4.69, 9.17) is 23.7 Å². The van der Waals surface area contributed by atoms with Crippen LogP contribution in [0.25, 0.3) is 0 Å². The first kappa shape index (κ1) is 51.5. The molecule has 3 fully saturated rings. The van der Waals surface area contributed by atoms with Gasteiger partial charge in [-0.3, -0.25) is 53.0 Å². The van der Waals surface area contributed by atoms with Crippen molar-refractivity contribution < 1.29 is 82.2 Å². The van der Waals surface area contributed by atoms with Gasteiger partial charge < -0.3 is 65.2 Å². The van der Waals surface area contributed by atoms with Gasteiger partial charge in [-0.05, 0) is 32.3 Å². The number of benzene rings is 2. The molecule has 3 saturated heterocycles. The van der Waals surface area contributed by atoms with E-state index in [-0.39, 0.29) is 86.3 Å². The highest BCUT2D eigenvalue weighted by Crippen LogP contribution is 2.52. The second kappa shape index (κ2) is 21.9. The molecule has 72 heavy (non-hydrogen) atoms. The Morgan fingerprint density at radius 1 is 0.833 bits per heavy atom. The van der Waals surface area contributed by atoms with Crippen molar-refractivity contribution >= 4 is 52.9 Å². The first-order chi connectivity index (χ1) is 34.5. The fraction of sp³-hybridized carbons (Fsp3) is 0.521. The van der Waals surface area contributed by atoms with E-state index < -0.39 is 138 Å². The summed E-state index contributed by atoms with van der Waals surface area (Å²) in [6, 6.07) is 3.04. The van der Waals surface area contributed by atoms with Crippen molar-refractivity contribution in [2.45, 2.75) is 82.0 Å². The number of aromatic hydroxyl groups is 2. The Kier molecular flexibility index (Phi) is 15.7. The molecular weight excluding hydrogens is 947 g/mol. The number of phenols is 2. The van der Waals surface area contributed by atoms with Crippen molar-refractivity contribution in [3.05, 3.63) is 63.7 Å². The third kappa shape index (κ3) is 10.5. The number of aliphatic hydroxyl groups is 1. The lowest BCUT2D eigenvalue weighted by Gasteiger charge is -2.46. The maximum absolute atomic E-state index is 14.2. The van der Waals surface area contributed by atoms with Crippen molar-refractivity contribution in [2.75, 3.05) is 73.2 Å². The minimum atomic E-state index is -1.19. The quantitative estimate of drug-likeness (QED) is 0.0571. The Morgan fingerprint density at radius 3 is 2.29 bits per heavy atom. The van der Waals surface area contributed by atoms with Gasteiger partial charge in [-0.2, -0.15) is 0 Å². The highest BCUT2D eigenvalue weighted by molar-refractivity contribution is 6.31. The number of phenolic OH excluding ortho intramolecular Hbond substituents is 2. The SMILES string of the molecule is COc1cccc2c1C(=O)c1c(O)c3c(c(O)c1C2=O)C[C@@H](C(=O)NCCN1CCC(NC(=O)CNC(=O)CNC(=O)CCN2C(=O)C=CC2=O)C1=O)C[C@@H]3OC1C[C@H](N2CCO[C@H](OC)C2)[C@H](O)[C@H](C)O1. The Morgan fingerprint density at radius 2 is 1.56 bits per heavy atom. The van der Waals surface area contributed by atoms with Crippen molar-refractivity contribution in [3.63, 3.8) is 0 Å². The third-order valence-electron chi connectivity index (χ3n) is 13.9. The van der Waals surface area contributed by atoms with E-state index in [0.717, 1.165) is 17.1 Å². The summed E-state index contributed by atoms with van der Waals surface area (Å²) in [4.78, 5) is 120. The number of nitrogens with zero attached hydrogens (tertiary/aromatic N) is 3. The molecule has 6 aliphatic rings. The van der Waals surface area contributed by atoms with Crippen molar-refractivity contribution in [3.8, 4) is 17.2 Å². The standard InChI is InChI=1S/C48H57N7O17/c1-23-42(61)28(54-15-16-70-37(22-54)69-3)19-36(71-23)72-30-18-24(17-26-39(30)46(65)41-40(44(26)63)43(62)25-5-4-6-29(68-2)38(25)45(41)64)47(66)49-11-14-53-12-9-27(48(53)67)52-33(58)21-51-32(57)20-50-31(56)10-13-55-34(59)7-8-35(55)60/h4-8,23-24,27-28,30,36-37,42,61,63,65H,9-22H2,1-3H3,(H,49,66)(H,50,56)(H,51,57)(H,52,58)/t23-,24+,27?,28-,30-,36?,37-,42+/m0/s1. The molecule has 0 bridgehead atoms. The number of morpholine rings is 1. The third-order valence-corrected chi connectivity index (χ3v) is 13.9. The summed E-state index contributed by atoms with van der Waals surface area (Å²) in [6.07, 6.45) is -2.36. The number of likely N-dealkylation sites (tertiary alicyclic amines) is 1. The van der Waals surface area contributed by atoms with Crippen LogP contribution in [0, 0.1) is 5.92 Å². The van der Waals surface area contributed by atoms with E-state index in [1.807, 2.05) is 4.90 Å². The van der Waals surface area contributed by atoms with Gasteiger partial charge in [0, 0.05) is 100 Å². The first-order valence-electron chi connectivity index (χ1n) is 23.7. The van der Waals surface area contributed by atoms with Crippen LogP contribution in [-0.4, -0.2) is 193 Å². The van der Waals surface area contributed by atoms with E-state index in [2.05, 4.69) is 21.3 Å². The van der Waals surface area contributed by atoms with Gasteiger partial charge in [0.05, 0.1) is 61.8 Å². The molecule has 8 rings (SSSR count). The molecule has 2 aromatic rings. The van der Waals surface area contributed by atoms with Crippen LogP contribution in [0.1, 0.15) is 81.7 Å². The molecule has 7 N–H and O–H groups in total. The Balaban J connectivity index is 0.903. The van der Waals surface area contributed by atoms with Gasteiger partial charge in [0.1, 0.15) is 23.3 Å². The number of carbonyl (C=O) groups is 9. The van der Waals surface area contributed by atoms with Gasteiger partial charge >= 0.3 is 0 Å². The fourth-order valence-corrected chi connectivity index (χ4v) is 10.1. The minimum absolute atomic E-state index is 0.00218. The fourth-order valence-electron chi connectivity index (χ4n) is 10.1. The van der Waals surface area contributed by atoms with Gasteiger partial charge in [-0.1, -0.05) is 12.1 Å². The van der Waals surface area contributed by atoms with Crippen LogP contribution in [0.4, 0.5) is 0 Å². The van der Waals surface area contributed by atoms with Crippen LogP contribution >= 0.6 is 0 Å². The molecule has 7 amide bonds. The zero-order valence-corrected chi connectivity index (χ0v) is 39.8. The molecule has 4 aliphatic heterocycles. The van der Waals surface area contributed by atoms with Gasteiger partial charge in [-0.15, -0.1) is 0 Å². The molecule has 24 nitrogen and oxygen atoms in total. The lowest BCUT2D eigenvalue weighted by atomic mass is 9.74. The second-order valence-corrected chi connectivity index (χ2v) is 18.2. The summed E-state index contributed by atoms with van der Waals surface area (Å²) >= 11 is 0. The van der Waals surface area contributed by atoms with Crippen molar-refractivity contribution in [1.29, 1.82) is 0 Å². The summed E-state index contributed by atoms with van der Waals surface area (Å²) in [7, 11) is 2.85. The van der Waals surface area contributed by atoms with Gasteiger partial charge in [0.2, 0.25) is 35.3 Å². The molecule has 0 radical (unpaired) electrons. The molecule has 0 aromatic heterocycles. The Hall–Kier alpha value is -6.83. The second-order valence-electron chi connectivity index (χ2n) is 18.2. The maximum Gasteiger partial charge on any atom is 0.253 e. The molecule has 0 spiro atoms. The van der Waals surface area contributed by atoms with Crippen molar-refractivity contribution in [1.82, 2.24) is 36.0 Å². The van der Waals surface area contributed by atoms with E-state index in [1.165, 1.54) is 37.3 Å². The normalized spacial score (nSPS) is 26.0. The number of ketones is 2. The molecule has 2 aromatic carbocycles. The summed E-state index contributed by atoms with van der Waals surface area (Å²) in [6.45, 7) is 2.00. The van der Waals surface area contributed by atoms with E-state index >= 15 is 0 Å². The topological polar surface area (TPSA) is 318 Å². The summed E-state index contributed by atoms with van der Waals surface area (Å²) in [5, 5.41) is 45.5. The Labute approximate surface area is 412 Å². The van der Waals surface area contributed by atoms with E-state index in [0.29, 0.717) is 19.7 Å². The monoisotopic (exact) mass is 1000 g/mol.